The van der Waals surface area contributed by atoms with Crippen LogP contribution in [-0.2, 0) is 6.54 Å². The van der Waals surface area contributed by atoms with Crippen LogP contribution in [-0.4, -0.2) is 15.7 Å². The molecule has 0 aliphatic carbocycles. The normalized spacial score (nSPS) is 10.5. The van der Waals surface area contributed by atoms with Crippen molar-refractivity contribution < 1.29 is 4.79 Å². The first kappa shape index (κ1) is 18.4. The Morgan fingerprint density at radius 1 is 0.724 bits per heavy atom. The number of carbonyl (C=O) groups excluding carboxylic acids is 1. The Morgan fingerprint density at radius 2 is 1.24 bits per heavy atom. The van der Waals surface area contributed by atoms with Gasteiger partial charge in [-0.25, -0.2) is 4.68 Å². The highest BCUT2D eigenvalue weighted by atomic mass is 16.2. The molecule has 0 bridgehead atoms. The van der Waals surface area contributed by atoms with Crippen LogP contribution >= 0.6 is 0 Å². The van der Waals surface area contributed by atoms with Gasteiger partial charge >= 0.3 is 0 Å². The molecule has 1 amide bonds. The van der Waals surface area contributed by atoms with E-state index in [0.29, 0.717) is 6.54 Å². The Balaban J connectivity index is 1.73. The van der Waals surface area contributed by atoms with E-state index in [4.69, 9.17) is 0 Å². The summed E-state index contributed by atoms with van der Waals surface area (Å²) in [6.45, 7) is 0.303. The maximum Gasteiger partial charge on any atom is 0.283 e. The van der Waals surface area contributed by atoms with Crippen molar-refractivity contribution in [3.05, 3.63) is 125 Å². The van der Waals surface area contributed by atoms with Crippen molar-refractivity contribution in [2.24, 2.45) is 0 Å². The van der Waals surface area contributed by atoms with Crippen LogP contribution in [0, 0.1) is 0 Å². The molecule has 0 radical (unpaired) electrons. The lowest BCUT2D eigenvalue weighted by molar-refractivity contribution is 0.0992. The summed E-state index contributed by atoms with van der Waals surface area (Å²) in [6.07, 6.45) is 0. The van der Waals surface area contributed by atoms with Crippen molar-refractivity contribution in [1.29, 1.82) is 0 Å². The van der Waals surface area contributed by atoms with Crippen molar-refractivity contribution in [3.8, 4) is 0 Å². The first-order chi connectivity index (χ1) is 14.2. The van der Waals surface area contributed by atoms with Crippen molar-refractivity contribution in [2.75, 3.05) is 4.90 Å². The molecule has 0 atom stereocenters. The van der Waals surface area contributed by atoms with Gasteiger partial charge in [-0.1, -0.05) is 66.7 Å². The fraction of sp³-hybridized carbons (Fsp3) is 0.0417. The molecule has 0 aliphatic rings. The number of hydrogen-bond donors (Lipinski definition) is 0. The lowest BCUT2D eigenvalue weighted by Crippen LogP contribution is -2.31. The second kappa shape index (κ2) is 8.35. The highest BCUT2D eigenvalue weighted by Crippen LogP contribution is 2.26. The van der Waals surface area contributed by atoms with E-state index < -0.39 is 0 Å². The molecule has 0 aliphatic heterocycles. The molecule has 0 saturated heterocycles. The Bertz CT molecular complexity index is 1120. The van der Waals surface area contributed by atoms with Crippen LogP contribution in [0.5, 0.6) is 0 Å². The van der Waals surface area contributed by atoms with E-state index >= 15 is 0 Å². The van der Waals surface area contributed by atoms with Gasteiger partial charge in [-0.05, 0) is 35.9 Å². The van der Waals surface area contributed by atoms with Crippen molar-refractivity contribution in [2.45, 2.75) is 6.54 Å². The Kier molecular flexibility index (Phi) is 5.29. The van der Waals surface area contributed by atoms with E-state index in [2.05, 4.69) is 5.10 Å². The molecule has 5 heteroatoms. The Hall–Kier alpha value is -3.99. The van der Waals surface area contributed by atoms with Gasteiger partial charge in [-0.2, -0.15) is 5.10 Å². The molecule has 4 rings (SSSR count). The van der Waals surface area contributed by atoms with Crippen molar-refractivity contribution in [1.82, 2.24) is 9.78 Å². The van der Waals surface area contributed by atoms with E-state index in [1.165, 1.54) is 16.8 Å². The third-order valence-corrected chi connectivity index (χ3v) is 4.49. The summed E-state index contributed by atoms with van der Waals surface area (Å²) in [7, 11) is 0. The van der Waals surface area contributed by atoms with Gasteiger partial charge in [0, 0.05) is 17.4 Å². The zero-order valence-corrected chi connectivity index (χ0v) is 15.7. The summed E-state index contributed by atoms with van der Waals surface area (Å²) in [5, 5.41) is 4.35. The summed E-state index contributed by atoms with van der Waals surface area (Å²) >= 11 is 0. The quantitative estimate of drug-likeness (QED) is 0.519. The van der Waals surface area contributed by atoms with Gasteiger partial charge in [-0.3, -0.25) is 14.5 Å². The number of para-hydroxylation sites is 2. The summed E-state index contributed by atoms with van der Waals surface area (Å²) in [5.74, 6) is -0.302. The molecule has 5 nitrogen and oxygen atoms in total. The minimum absolute atomic E-state index is 0.202. The number of anilines is 2. The van der Waals surface area contributed by atoms with E-state index in [0.717, 1.165) is 16.9 Å². The van der Waals surface area contributed by atoms with Crippen LogP contribution in [0.25, 0.3) is 0 Å². The average Bonchev–Trinajstić information content (AvgIpc) is 2.78. The van der Waals surface area contributed by atoms with E-state index in [1.54, 1.807) is 4.90 Å². The molecule has 4 aromatic rings. The molecule has 0 fully saturated rings. The van der Waals surface area contributed by atoms with Crippen LogP contribution < -0.4 is 10.5 Å². The standard InChI is InChI=1S/C24H19N3O2/c28-23-17-16-22(25-26(23)18-19-10-4-1-5-11-19)24(29)27(20-12-6-2-7-13-20)21-14-8-3-9-15-21/h1-17H,18H2. The maximum absolute atomic E-state index is 13.4. The van der Waals surface area contributed by atoms with Gasteiger partial charge in [-0.15, -0.1) is 0 Å². The van der Waals surface area contributed by atoms with E-state index in [9.17, 15) is 9.59 Å². The first-order valence-electron chi connectivity index (χ1n) is 9.29. The van der Waals surface area contributed by atoms with Crippen LogP contribution in [0.15, 0.2) is 108 Å². The van der Waals surface area contributed by atoms with E-state index in [-0.39, 0.29) is 17.2 Å². The first-order valence-corrected chi connectivity index (χ1v) is 9.29. The third-order valence-electron chi connectivity index (χ3n) is 4.49. The van der Waals surface area contributed by atoms with Gasteiger partial charge in [0.05, 0.1) is 6.54 Å². The second-order valence-corrected chi connectivity index (χ2v) is 6.51. The summed E-state index contributed by atoms with van der Waals surface area (Å²) < 4.78 is 1.32. The Labute approximate surface area is 168 Å². The predicted octanol–water partition coefficient (Wildman–Crippen LogP) is 4.27. The number of carbonyl (C=O) groups is 1. The highest BCUT2D eigenvalue weighted by Gasteiger charge is 2.21. The number of amides is 1. The number of benzene rings is 3. The fourth-order valence-electron chi connectivity index (χ4n) is 3.08. The summed E-state index contributed by atoms with van der Waals surface area (Å²) in [5.41, 5.74) is 2.34. The monoisotopic (exact) mass is 381 g/mol. The molecule has 0 spiro atoms. The second-order valence-electron chi connectivity index (χ2n) is 6.51. The minimum Gasteiger partial charge on any atom is -0.276 e. The average molecular weight is 381 g/mol. The SMILES string of the molecule is O=C(c1ccc(=O)n(Cc2ccccc2)n1)N(c1ccccc1)c1ccccc1. The van der Waals surface area contributed by atoms with E-state index in [1.807, 2.05) is 91.0 Å². The zero-order chi connectivity index (χ0) is 20.1. The number of aromatic nitrogens is 2. The highest BCUT2D eigenvalue weighted by molar-refractivity contribution is 6.09. The molecule has 1 aromatic heterocycles. The van der Waals surface area contributed by atoms with Crippen LogP contribution in [0.4, 0.5) is 11.4 Å². The molecule has 0 saturated carbocycles. The zero-order valence-electron chi connectivity index (χ0n) is 15.7. The molecule has 142 valence electrons. The van der Waals surface area contributed by atoms with Gasteiger partial charge < -0.3 is 0 Å². The topological polar surface area (TPSA) is 55.2 Å². The van der Waals surface area contributed by atoms with Gasteiger partial charge in [0.15, 0.2) is 0 Å². The van der Waals surface area contributed by atoms with Gasteiger partial charge in [0.2, 0.25) is 0 Å². The lowest BCUT2D eigenvalue weighted by Gasteiger charge is -2.22. The molecule has 29 heavy (non-hydrogen) atoms. The van der Waals surface area contributed by atoms with Gasteiger partial charge in [0.25, 0.3) is 11.5 Å². The maximum atomic E-state index is 13.4. The molecular weight excluding hydrogens is 362 g/mol. The van der Waals surface area contributed by atoms with Gasteiger partial charge in [0.1, 0.15) is 5.69 Å². The largest absolute Gasteiger partial charge is 0.283 e. The molecule has 1 heterocycles. The lowest BCUT2D eigenvalue weighted by atomic mass is 10.2. The van der Waals surface area contributed by atoms with Crippen LogP contribution in [0.2, 0.25) is 0 Å². The van der Waals surface area contributed by atoms with Crippen LogP contribution in [0.3, 0.4) is 0 Å². The summed E-state index contributed by atoms with van der Waals surface area (Å²) in [4.78, 5) is 27.3. The van der Waals surface area contributed by atoms with Crippen molar-refractivity contribution in [3.63, 3.8) is 0 Å². The predicted molar refractivity (Wildman–Crippen MR) is 113 cm³/mol. The molecule has 0 unspecified atom stereocenters. The van der Waals surface area contributed by atoms with Crippen LogP contribution in [0.1, 0.15) is 16.1 Å². The molecule has 3 aromatic carbocycles. The fourth-order valence-corrected chi connectivity index (χ4v) is 3.08. The third kappa shape index (κ3) is 4.14. The number of nitrogens with zero attached hydrogens (tertiary/aromatic N) is 3. The smallest absolute Gasteiger partial charge is 0.276 e. The Morgan fingerprint density at radius 3 is 1.79 bits per heavy atom. The van der Waals surface area contributed by atoms with Crippen molar-refractivity contribution >= 4 is 17.3 Å². The number of rotatable bonds is 5. The molecular formula is C24H19N3O2. The molecule has 0 N–H and O–H groups in total. The summed E-state index contributed by atoms with van der Waals surface area (Å²) in [6, 6.07) is 31.2. The number of hydrogen-bond acceptors (Lipinski definition) is 3. The minimum atomic E-state index is -0.302.